The van der Waals surface area contributed by atoms with Gasteiger partial charge in [-0.25, -0.2) is 4.98 Å². The van der Waals surface area contributed by atoms with E-state index in [9.17, 15) is 9.59 Å². The van der Waals surface area contributed by atoms with Crippen LogP contribution in [0.4, 0.5) is 5.82 Å². The van der Waals surface area contributed by atoms with Crippen molar-refractivity contribution in [2.45, 2.75) is 13.3 Å². The predicted octanol–water partition coefficient (Wildman–Crippen LogP) is 0.742. The van der Waals surface area contributed by atoms with Gasteiger partial charge in [0.05, 0.1) is 5.56 Å². The summed E-state index contributed by atoms with van der Waals surface area (Å²) in [5.41, 5.74) is 0.468. The lowest BCUT2D eigenvalue weighted by Crippen LogP contribution is -2.27. The molecule has 1 amide bonds. The van der Waals surface area contributed by atoms with E-state index < -0.39 is 5.97 Å². The standard InChI is InChI=1S/C12H17N3O3/c1-3-6-13-12(18)9-4-5-10(14-7-9)15(2)8-11(16)17/h4-5,7H,3,6,8H2,1-2H3,(H,13,18)(H,16,17). The molecule has 18 heavy (non-hydrogen) atoms. The first kappa shape index (κ1) is 14.0. The van der Waals surface area contributed by atoms with E-state index in [4.69, 9.17) is 5.11 Å². The molecule has 1 rings (SSSR count). The number of aliphatic carboxylic acids is 1. The summed E-state index contributed by atoms with van der Waals surface area (Å²) in [7, 11) is 1.63. The van der Waals surface area contributed by atoms with E-state index in [0.29, 0.717) is 17.9 Å². The zero-order valence-corrected chi connectivity index (χ0v) is 10.5. The van der Waals surface area contributed by atoms with Crippen LogP contribution < -0.4 is 10.2 Å². The highest BCUT2D eigenvalue weighted by Gasteiger charge is 2.09. The fourth-order valence-electron chi connectivity index (χ4n) is 1.37. The maximum absolute atomic E-state index is 11.6. The number of nitrogens with one attached hydrogen (secondary N) is 1. The molecule has 0 aliphatic heterocycles. The van der Waals surface area contributed by atoms with Gasteiger partial charge in [0.25, 0.3) is 5.91 Å². The molecule has 0 unspecified atom stereocenters. The van der Waals surface area contributed by atoms with Crippen molar-refractivity contribution in [3.05, 3.63) is 23.9 Å². The number of hydrogen-bond acceptors (Lipinski definition) is 4. The van der Waals surface area contributed by atoms with Crippen molar-refractivity contribution in [2.24, 2.45) is 0 Å². The van der Waals surface area contributed by atoms with Crippen LogP contribution in [0.1, 0.15) is 23.7 Å². The summed E-state index contributed by atoms with van der Waals surface area (Å²) in [4.78, 5) is 27.7. The molecule has 98 valence electrons. The van der Waals surface area contributed by atoms with E-state index >= 15 is 0 Å². The first-order chi connectivity index (χ1) is 8.54. The number of anilines is 1. The summed E-state index contributed by atoms with van der Waals surface area (Å²) < 4.78 is 0. The normalized spacial score (nSPS) is 9.89. The molecule has 0 aliphatic rings. The SMILES string of the molecule is CCCNC(=O)c1ccc(N(C)CC(=O)O)nc1. The number of aromatic nitrogens is 1. The molecule has 0 aliphatic carbocycles. The smallest absolute Gasteiger partial charge is 0.323 e. The molecule has 0 saturated carbocycles. The Morgan fingerprint density at radius 1 is 1.44 bits per heavy atom. The molecule has 6 heteroatoms. The van der Waals surface area contributed by atoms with Crippen LogP contribution in [0.5, 0.6) is 0 Å². The van der Waals surface area contributed by atoms with Crippen molar-refractivity contribution in [1.82, 2.24) is 10.3 Å². The third-order valence-electron chi connectivity index (χ3n) is 2.31. The van der Waals surface area contributed by atoms with Crippen LogP contribution in [0.25, 0.3) is 0 Å². The van der Waals surface area contributed by atoms with Gasteiger partial charge in [0.15, 0.2) is 0 Å². The van der Waals surface area contributed by atoms with E-state index in [0.717, 1.165) is 6.42 Å². The predicted molar refractivity (Wildman–Crippen MR) is 67.8 cm³/mol. The largest absolute Gasteiger partial charge is 0.480 e. The van der Waals surface area contributed by atoms with Gasteiger partial charge in [0.2, 0.25) is 0 Å². The fraction of sp³-hybridized carbons (Fsp3) is 0.417. The summed E-state index contributed by atoms with van der Waals surface area (Å²) in [5.74, 6) is -0.578. The molecule has 6 nitrogen and oxygen atoms in total. The lowest BCUT2D eigenvalue weighted by atomic mass is 10.2. The Balaban J connectivity index is 2.67. The van der Waals surface area contributed by atoms with E-state index in [1.807, 2.05) is 6.92 Å². The molecule has 1 heterocycles. The Morgan fingerprint density at radius 2 is 2.17 bits per heavy atom. The van der Waals surface area contributed by atoms with Crippen LogP contribution >= 0.6 is 0 Å². The van der Waals surface area contributed by atoms with Crippen molar-refractivity contribution in [2.75, 3.05) is 25.0 Å². The van der Waals surface area contributed by atoms with Gasteiger partial charge in [0.1, 0.15) is 12.4 Å². The highest BCUT2D eigenvalue weighted by Crippen LogP contribution is 2.09. The lowest BCUT2D eigenvalue weighted by Gasteiger charge is -2.15. The minimum atomic E-state index is -0.927. The highest BCUT2D eigenvalue weighted by molar-refractivity contribution is 5.94. The van der Waals surface area contributed by atoms with Crippen LogP contribution in [0.2, 0.25) is 0 Å². The van der Waals surface area contributed by atoms with Crippen LogP contribution in [0.15, 0.2) is 18.3 Å². The summed E-state index contributed by atoms with van der Waals surface area (Å²) in [6, 6.07) is 3.26. The number of hydrogen-bond donors (Lipinski definition) is 2. The Hall–Kier alpha value is -2.11. The molecular formula is C12H17N3O3. The summed E-state index contributed by atoms with van der Waals surface area (Å²) in [6.07, 6.45) is 2.32. The molecule has 0 radical (unpaired) electrons. The molecule has 0 aromatic carbocycles. The van der Waals surface area contributed by atoms with Crippen LogP contribution in [-0.2, 0) is 4.79 Å². The third-order valence-corrected chi connectivity index (χ3v) is 2.31. The molecule has 0 atom stereocenters. The Kier molecular flexibility index (Phi) is 5.10. The summed E-state index contributed by atoms with van der Waals surface area (Å²) in [6.45, 7) is 2.47. The fourth-order valence-corrected chi connectivity index (χ4v) is 1.37. The van der Waals surface area contributed by atoms with E-state index in [-0.39, 0.29) is 12.5 Å². The molecule has 0 spiro atoms. The third kappa shape index (κ3) is 4.04. The van der Waals surface area contributed by atoms with Crippen molar-refractivity contribution >= 4 is 17.7 Å². The zero-order valence-electron chi connectivity index (χ0n) is 10.5. The van der Waals surface area contributed by atoms with E-state index in [1.165, 1.54) is 11.1 Å². The molecule has 1 aromatic heterocycles. The molecule has 0 saturated heterocycles. The molecule has 0 fully saturated rings. The first-order valence-corrected chi connectivity index (χ1v) is 5.71. The van der Waals surface area contributed by atoms with Gasteiger partial charge in [0, 0.05) is 19.8 Å². The Bertz CT molecular complexity index is 417. The van der Waals surface area contributed by atoms with Gasteiger partial charge in [-0.1, -0.05) is 6.92 Å². The van der Waals surface area contributed by atoms with Crippen molar-refractivity contribution in [3.8, 4) is 0 Å². The number of carboxylic acids is 1. The average Bonchev–Trinajstić information content (AvgIpc) is 2.35. The lowest BCUT2D eigenvalue weighted by molar-refractivity contribution is -0.135. The highest BCUT2D eigenvalue weighted by atomic mass is 16.4. The Labute approximate surface area is 106 Å². The van der Waals surface area contributed by atoms with Crippen molar-refractivity contribution in [1.29, 1.82) is 0 Å². The minimum absolute atomic E-state index is 0.131. The maximum Gasteiger partial charge on any atom is 0.323 e. The molecule has 1 aromatic rings. The van der Waals surface area contributed by atoms with Gasteiger partial charge in [-0.3, -0.25) is 9.59 Å². The number of carbonyl (C=O) groups is 2. The number of nitrogens with zero attached hydrogens (tertiary/aromatic N) is 2. The quantitative estimate of drug-likeness (QED) is 0.779. The minimum Gasteiger partial charge on any atom is -0.480 e. The molecular weight excluding hydrogens is 234 g/mol. The van der Waals surface area contributed by atoms with Gasteiger partial charge in [-0.15, -0.1) is 0 Å². The van der Waals surface area contributed by atoms with Gasteiger partial charge in [-0.2, -0.15) is 0 Å². The van der Waals surface area contributed by atoms with Crippen molar-refractivity contribution in [3.63, 3.8) is 0 Å². The van der Waals surface area contributed by atoms with Gasteiger partial charge < -0.3 is 15.3 Å². The second kappa shape index (κ2) is 6.58. The number of pyridine rings is 1. The summed E-state index contributed by atoms with van der Waals surface area (Å²) >= 11 is 0. The van der Waals surface area contributed by atoms with E-state index in [2.05, 4.69) is 10.3 Å². The summed E-state index contributed by atoms with van der Waals surface area (Å²) in [5, 5.41) is 11.4. The molecule has 0 bridgehead atoms. The topological polar surface area (TPSA) is 82.5 Å². The molecule has 2 N–H and O–H groups in total. The van der Waals surface area contributed by atoms with Crippen LogP contribution in [0.3, 0.4) is 0 Å². The van der Waals surface area contributed by atoms with Crippen molar-refractivity contribution < 1.29 is 14.7 Å². The second-order valence-electron chi connectivity index (χ2n) is 3.91. The second-order valence-corrected chi connectivity index (χ2v) is 3.91. The van der Waals surface area contributed by atoms with Crippen LogP contribution in [-0.4, -0.2) is 42.1 Å². The Morgan fingerprint density at radius 3 is 2.67 bits per heavy atom. The number of carbonyl (C=O) groups excluding carboxylic acids is 1. The number of rotatable bonds is 6. The van der Waals surface area contributed by atoms with E-state index in [1.54, 1.807) is 19.2 Å². The number of carboxylic acid groups (broad SMARTS) is 1. The zero-order chi connectivity index (χ0) is 13.5. The maximum atomic E-state index is 11.6. The first-order valence-electron chi connectivity index (χ1n) is 5.71. The van der Waals surface area contributed by atoms with Gasteiger partial charge >= 0.3 is 5.97 Å². The number of amides is 1. The van der Waals surface area contributed by atoms with Crippen LogP contribution in [0, 0.1) is 0 Å². The van der Waals surface area contributed by atoms with Gasteiger partial charge in [-0.05, 0) is 18.6 Å². The number of likely N-dealkylation sites (N-methyl/N-ethyl adjacent to an activating group) is 1. The average molecular weight is 251 g/mol. The monoisotopic (exact) mass is 251 g/mol.